The van der Waals surface area contributed by atoms with Crippen LogP contribution in [0, 0.1) is 13.8 Å². The van der Waals surface area contributed by atoms with E-state index in [0.717, 1.165) is 16.9 Å². The Hall–Kier alpha value is -3.54. The lowest BCUT2D eigenvalue weighted by atomic mass is 10.1. The molecule has 0 radical (unpaired) electrons. The maximum Gasteiger partial charge on any atom is 0.150 e. The molecule has 26 heavy (non-hydrogen) atoms. The normalized spacial score (nSPS) is 10.5. The van der Waals surface area contributed by atoms with Crippen molar-refractivity contribution in [2.24, 2.45) is 0 Å². The van der Waals surface area contributed by atoms with Gasteiger partial charge in [0.2, 0.25) is 0 Å². The van der Waals surface area contributed by atoms with E-state index in [9.17, 15) is 0 Å². The number of nitrogens with two attached hydrogens (primary N) is 4. The van der Waals surface area contributed by atoms with Gasteiger partial charge in [-0.3, -0.25) is 0 Å². The SMILES string of the molecule is Cc1cc(Oc2ccc(N)cc2N)cc(C)c1Oc1ccc(N)cc1N. The fourth-order valence-corrected chi connectivity index (χ4v) is 2.69. The van der Waals surface area contributed by atoms with Gasteiger partial charge in [-0.15, -0.1) is 0 Å². The summed E-state index contributed by atoms with van der Waals surface area (Å²) in [4.78, 5) is 0. The van der Waals surface area contributed by atoms with Crippen LogP contribution < -0.4 is 32.4 Å². The minimum Gasteiger partial charge on any atom is -0.455 e. The van der Waals surface area contributed by atoms with E-state index >= 15 is 0 Å². The molecular weight excluding hydrogens is 328 g/mol. The first-order chi connectivity index (χ1) is 12.3. The summed E-state index contributed by atoms with van der Waals surface area (Å²) in [7, 11) is 0. The monoisotopic (exact) mass is 350 g/mol. The Bertz CT molecular complexity index is 947. The van der Waals surface area contributed by atoms with Crippen LogP contribution in [0.15, 0.2) is 48.5 Å². The molecule has 0 bridgehead atoms. The molecule has 0 aliphatic carbocycles. The molecule has 3 rings (SSSR count). The smallest absolute Gasteiger partial charge is 0.150 e. The van der Waals surface area contributed by atoms with Crippen molar-refractivity contribution in [2.75, 3.05) is 22.9 Å². The van der Waals surface area contributed by atoms with Crippen LogP contribution in [-0.4, -0.2) is 0 Å². The van der Waals surface area contributed by atoms with Crippen molar-refractivity contribution in [2.45, 2.75) is 13.8 Å². The second-order valence-corrected chi connectivity index (χ2v) is 6.18. The summed E-state index contributed by atoms with van der Waals surface area (Å²) in [6.45, 7) is 3.88. The van der Waals surface area contributed by atoms with Gasteiger partial charge in [-0.1, -0.05) is 0 Å². The molecule has 0 aliphatic heterocycles. The first kappa shape index (κ1) is 17.3. The molecule has 6 heteroatoms. The number of rotatable bonds is 4. The molecule has 0 spiro atoms. The standard InChI is InChI=1S/C20H22N4O2/c1-11-7-15(25-18-5-3-13(21)9-16(18)23)8-12(2)20(11)26-19-6-4-14(22)10-17(19)24/h3-10H,21-24H2,1-2H3. The molecule has 0 fully saturated rings. The number of benzene rings is 3. The van der Waals surface area contributed by atoms with Gasteiger partial charge in [-0.25, -0.2) is 0 Å². The quantitative estimate of drug-likeness (QED) is 0.523. The zero-order valence-corrected chi connectivity index (χ0v) is 14.7. The zero-order valence-electron chi connectivity index (χ0n) is 14.7. The highest BCUT2D eigenvalue weighted by Crippen LogP contribution is 2.37. The van der Waals surface area contributed by atoms with E-state index in [1.807, 2.05) is 26.0 Å². The number of ether oxygens (including phenoxy) is 2. The van der Waals surface area contributed by atoms with E-state index in [1.54, 1.807) is 36.4 Å². The van der Waals surface area contributed by atoms with Gasteiger partial charge in [0.05, 0.1) is 11.4 Å². The Balaban J connectivity index is 1.88. The minimum absolute atomic E-state index is 0.482. The lowest BCUT2D eigenvalue weighted by Crippen LogP contribution is -1.98. The first-order valence-electron chi connectivity index (χ1n) is 8.10. The number of nitrogen functional groups attached to an aromatic ring is 4. The number of hydrogen-bond acceptors (Lipinski definition) is 6. The van der Waals surface area contributed by atoms with Crippen molar-refractivity contribution >= 4 is 22.7 Å². The molecule has 0 amide bonds. The Labute approximate surface area is 152 Å². The lowest BCUT2D eigenvalue weighted by molar-refractivity contribution is 0.465. The highest BCUT2D eigenvalue weighted by atomic mass is 16.5. The van der Waals surface area contributed by atoms with E-state index in [2.05, 4.69) is 0 Å². The van der Waals surface area contributed by atoms with Crippen LogP contribution >= 0.6 is 0 Å². The Kier molecular flexibility index (Phi) is 4.49. The highest BCUT2D eigenvalue weighted by molar-refractivity contribution is 5.63. The molecule has 0 unspecified atom stereocenters. The van der Waals surface area contributed by atoms with E-state index < -0.39 is 0 Å². The van der Waals surface area contributed by atoms with Gasteiger partial charge in [-0.05, 0) is 73.5 Å². The Morgan fingerprint density at radius 3 is 1.54 bits per heavy atom. The van der Waals surface area contributed by atoms with Crippen molar-refractivity contribution in [3.8, 4) is 23.0 Å². The third-order valence-corrected chi connectivity index (χ3v) is 3.94. The Morgan fingerprint density at radius 1 is 0.615 bits per heavy atom. The zero-order chi connectivity index (χ0) is 18.8. The summed E-state index contributed by atoms with van der Waals surface area (Å²) >= 11 is 0. The van der Waals surface area contributed by atoms with E-state index in [1.165, 1.54) is 0 Å². The van der Waals surface area contributed by atoms with Crippen LogP contribution in [0.25, 0.3) is 0 Å². The summed E-state index contributed by atoms with van der Waals surface area (Å²) in [6.07, 6.45) is 0. The molecule has 3 aromatic carbocycles. The maximum atomic E-state index is 5.99. The number of anilines is 4. The molecule has 0 aromatic heterocycles. The van der Waals surface area contributed by atoms with E-state index in [0.29, 0.717) is 40.0 Å². The van der Waals surface area contributed by atoms with Crippen LogP contribution in [0.5, 0.6) is 23.0 Å². The molecule has 0 atom stereocenters. The second-order valence-electron chi connectivity index (χ2n) is 6.18. The van der Waals surface area contributed by atoms with Crippen LogP contribution in [-0.2, 0) is 0 Å². The molecule has 0 saturated heterocycles. The van der Waals surface area contributed by atoms with Gasteiger partial charge in [0.25, 0.3) is 0 Å². The van der Waals surface area contributed by atoms with Crippen LogP contribution in [0.4, 0.5) is 22.7 Å². The summed E-state index contributed by atoms with van der Waals surface area (Å²) in [5.74, 6) is 2.49. The average molecular weight is 350 g/mol. The summed E-state index contributed by atoms with van der Waals surface area (Å²) in [5.41, 5.74) is 27.3. The largest absolute Gasteiger partial charge is 0.455 e. The lowest BCUT2D eigenvalue weighted by Gasteiger charge is -2.16. The molecule has 6 nitrogen and oxygen atoms in total. The molecule has 3 aromatic rings. The van der Waals surface area contributed by atoms with Crippen molar-refractivity contribution in [3.63, 3.8) is 0 Å². The summed E-state index contributed by atoms with van der Waals surface area (Å²) in [6, 6.07) is 14.1. The summed E-state index contributed by atoms with van der Waals surface area (Å²) in [5, 5.41) is 0. The fraction of sp³-hybridized carbons (Fsp3) is 0.100. The van der Waals surface area contributed by atoms with E-state index in [4.69, 9.17) is 32.4 Å². The maximum absolute atomic E-state index is 5.99. The van der Waals surface area contributed by atoms with Crippen molar-refractivity contribution in [1.29, 1.82) is 0 Å². The fourth-order valence-electron chi connectivity index (χ4n) is 2.69. The van der Waals surface area contributed by atoms with Gasteiger partial charge in [-0.2, -0.15) is 0 Å². The van der Waals surface area contributed by atoms with Gasteiger partial charge in [0, 0.05) is 11.4 Å². The molecule has 8 N–H and O–H groups in total. The van der Waals surface area contributed by atoms with E-state index in [-0.39, 0.29) is 0 Å². The molecule has 0 aliphatic rings. The van der Waals surface area contributed by atoms with Gasteiger partial charge in [0.1, 0.15) is 23.0 Å². The predicted octanol–water partition coefficient (Wildman–Crippen LogP) is 4.22. The van der Waals surface area contributed by atoms with Crippen LogP contribution in [0.3, 0.4) is 0 Å². The minimum atomic E-state index is 0.482. The average Bonchev–Trinajstić information content (AvgIpc) is 2.55. The molecule has 0 heterocycles. The number of aryl methyl sites for hydroxylation is 2. The molecule has 0 saturated carbocycles. The van der Waals surface area contributed by atoms with Gasteiger partial charge >= 0.3 is 0 Å². The predicted molar refractivity (Wildman–Crippen MR) is 107 cm³/mol. The number of hydrogen-bond donors (Lipinski definition) is 4. The summed E-state index contributed by atoms with van der Waals surface area (Å²) < 4.78 is 11.9. The van der Waals surface area contributed by atoms with Crippen molar-refractivity contribution in [3.05, 3.63) is 59.7 Å². The third-order valence-electron chi connectivity index (χ3n) is 3.94. The van der Waals surface area contributed by atoms with Crippen molar-refractivity contribution < 1.29 is 9.47 Å². The second kappa shape index (κ2) is 6.76. The van der Waals surface area contributed by atoms with Crippen LogP contribution in [0.1, 0.15) is 11.1 Å². The van der Waals surface area contributed by atoms with Crippen LogP contribution in [0.2, 0.25) is 0 Å². The highest BCUT2D eigenvalue weighted by Gasteiger charge is 2.12. The van der Waals surface area contributed by atoms with Gasteiger partial charge < -0.3 is 32.4 Å². The third kappa shape index (κ3) is 3.59. The Morgan fingerprint density at radius 2 is 1.08 bits per heavy atom. The first-order valence-corrected chi connectivity index (χ1v) is 8.10. The topological polar surface area (TPSA) is 123 Å². The molecular formula is C20H22N4O2. The van der Waals surface area contributed by atoms with Gasteiger partial charge in [0.15, 0.2) is 0 Å². The van der Waals surface area contributed by atoms with Crippen molar-refractivity contribution in [1.82, 2.24) is 0 Å². The molecule has 134 valence electrons.